The van der Waals surface area contributed by atoms with Gasteiger partial charge >= 0.3 is 0 Å². The molecule has 142 valence electrons. The molecule has 4 rings (SSSR count). The zero-order chi connectivity index (χ0) is 19.7. The number of aromatic nitrogens is 2. The number of fused-ring (bicyclic) bond motifs is 1. The molecule has 1 heterocycles. The van der Waals surface area contributed by atoms with Crippen molar-refractivity contribution in [2.24, 2.45) is 0 Å². The minimum absolute atomic E-state index is 0.322. The molecule has 0 aliphatic carbocycles. The van der Waals surface area contributed by atoms with Gasteiger partial charge in [0.25, 0.3) is 0 Å². The lowest BCUT2D eigenvalue weighted by Crippen LogP contribution is -2.10. The molecule has 2 nitrogen and oxygen atoms in total. The summed E-state index contributed by atoms with van der Waals surface area (Å²) in [6.45, 7) is 7.39. The summed E-state index contributed by atoms with van der Waals surface area (Å²) in [5, 5.41) is 0.767. The third kappa shape index (κ3) is 3.83. The van der Waals surface area contributed by atoms with Gasteiger partial charge < -0.3 is 4.57 Å². The van der Waals surface area contributed by atoms with E-state index in [9.17, 15) is 0 Å². The fourth-order valence-electron chi connectivity index (χ4n) is 3.77. The maximum absolute atomic E-state index is 6.08. The molecule has 1 aromatic heterocycles. The Morgan fingerprint density at radius 3 is 2.29 bits per heavy atom. The fraction of sp³-hybridized carbons (Fsp3) is 0.240. The molecule has 0 saturated carbocycles. The van der Waals surface area contributed by atoms with E-state index in [1.165, 1.54) is 27.8 Å². The van der Waals surface area contributed by atoms with Gasteiger partial charge in [0.2, 0.25) is 0 Å². The van der Waals surface area contributed by atoms with Gasteiger partial charge in [-0.05, 0) is 66.8 Å². The van der Waals surface area contributed by atoms with E-state index in [-0.39, 0.29) is 0 Å². The van der Waals surface area contributed by atoms with Gasteiger partial charge in [-0.2, -0.15) is 0 Å². The highest BCUT2D eigenvalue weighted by Gasteiger charge is 2.18. The number of imidazole rings is 1. The first kappa shape index (κ1) is 18.8. The molecule has 0 fully saturated rings. The van der Waals surface area contributed by atoms with E-state index in [1.54, 1.807) is 0 Å². The van der Waals surface area contributed by atoms with Crippen molar-refractivity contribution >= 4 is 22.6 Å². The first-order chi connectivity index (χ1) is 13.5. The third-order valence-corrected chi connectivity index (χ3v) is 5.72. The maximum atomic E-state index is 6.08. The van der Waals surface area contributed by atoms with Crippen LogP contribution in [-0.2, 0) is 13.0 Å². The molecule has 1 unspecified atom stereocenters. The molecule has 3 aromatic carbocycles. The monoisotopic (exact) mass is 388 g/mol. The van der Waals surface area contributed by atoms with Crippen LogP contribution in [0.1, 0.15) is 40.9 Å². The number of rotatable bonds is 5. The molecule has 0 N–H and O–H groups in total. The molecule has 0 aliphatic rings. The minimum atomic E-state index is 0.322. The van der Waals surface area contributed by atoms with Gasteiger partial charge in [-0.3, -0.25) is 0 Å². The van der Waals surface area contributed by atoms with Crippen LogP contribution in [0.15, 0.2) is 66.7 Å². The number of hydrogen-bond acceptors (Lipinski definition) is 1. The van der Waals surface area contributed by atoms with Gasteiger partial charge in [0.05, 0.1) is 11.0 Å². The lowest BCUT2D eigenvalue weighted by Gasteiger charge is -2.15. The Morgan fingerprint density at radius 2 is 1.57 bits per heavy atom. The Morgan fingerprint density at radius 1 is 0.893 bits per heavy atom. The van der Waals surface area contributed by atoms with Gasteiger partial charge in [-0.1, -0.05) is 61.0 Å². The van der Waals surface area contributed by atoms with Crippen LogP contribution in [0, 0.1) is 13.8 Å². The van der Waals surface area contributed by atoms with Crippen molar-refractivity contribution in [1.29, 1.82) is 0 Å². The van der Waals surface area contributed by atoms with Crippen molar-refractivity contribution in [2.75, 3.05) is 0 Å². The average Bonchev–Trinajstić information content (AvgIpc) is 3.02. The predicted octanol–water partition coefficient (Wildman–Crippen LogP) is 6.70. The third-order valence-electron chi connectivity index (χ3n) is 5.47. The quantitative estimate of drug-likeness (QED) is 0.372. The van der Waals surface area contributed by atoms with Crippen LogP contribution in [0.4, 0.5) is 0 Å². The van der Waals surface area contributed by atoms with E-state index in [4.69, 9.17) is 16.6 Å². The highest BCUT2D eigenvalue weighted by atomic mass is 35.5. The Hall–Kier alpha value is -2.58. The van der Waals surface area contributed by atoms with Crippen molar-refractivity contribution in [3.05, 3.63) is 99.8 Å². The zero-order valence-electron chi connectivity index (χ0n) is 16.6. The van der Waals surface area contributed by atoms with Gasteiger partial charge in [-0.25, -0.2) is 4.98 Å². The SMILES string of the molecule is Cc1cc2nc(C(C)Cc3ccccc3)n(Cc3ccc(Cl)cc3)c2cc1C. The van der Waals surface area contributed by atoms with E-state index < -0.39 is 0 Å². The van der Waals surface area contributed by atoms with Crippen LogP contribution in [0.25, 0.3) is 11.0 Å². The van der Waals surface area contributed by atoms with Crippen LogP contribution in [0.2, 0.25) is 5.02 Å². The second-order valence-electron chi connectivity index (χ2n) is 7.70. The average molecular weight is 389 g/mol. The molecular formula is C25H25ClN2. The smallest absolute Gasteiger partial charge is 0.113 e. The second kappa shape index (κ2) is 7.81. The minimum Gasteiger partial charge on any atom is -0.323 e. The molecule has 28 heavy (non-hydrogen) atoms. The van der Waals surface area contributed by atoms with E-state index >= 15 is 0 Å². The van der Waals surface area contributed by atoms with Gasteiger partial charge in [0.1, 0.15) is 5.82 Å². The molecule has 1 atom stereocenters. The number of aryl methyl sites for hydroxylation is 2. The molecule has 0 amide bonds. The molecule has 4 aromatic rings. The first-order valence-corrected chi connectivity index (χ1v) is 10.1. The van der Waals surface area contributed by atoms with Crippen LogP contribution in [0.3, 0.4) is 0 Å². The highest BCUT2D eigenvalue weighted by Crippen LogP contribution is 2.28. The predicted molar refractivity (Wildman–Crippen MR) is 118 cm³/mol. The van der Waals surface area contributed by atoms with E-state index in [0.717, 1.165) is 29.3 Å². The maximum Gasteiger partial charge on any atom is 0.113 e. The lowest BCUT2D eigenvalue weighted by molar-refractivity contribution is 0.640. The molecule has 0 aliphatic heterocycles. The van der Waals surface area contributed by atoms with Gasteiger partial charge in [0, 0.05) is 17.5 Å². The van der Waals surface area contributed by atoms with Crippen LogP contribution >= 0.6 is 11.6 Å². The largest absolute Gasteiger partial charge is 0.323 e. The van der Waals surface area contributed by atoms with E-state index in [2.05, 4.69) is 79.9 Å². The number of hydrogen-bond donors (Lipinski definition) is 0. The molecule has 0 radical (unpaired) electrons. The Bertz CT molecular complexity index is 1100. The van der Waals surface area contributed by atoms with E-state index in [1.807, 2.05) is 12.1 Å². The summed E-state index contributed by atoms with van der Waals surface area (Å²) in [7, 11) is 0. The number of benzene rings is 3. The summed E-state index contributed by atoms with van der Waals surface area (Å²) >= 11 is 6.08. The van der Waals surface area contributed by atoms with Crippen LogP contribution in [0.5, 0.6) is 0 Å². The van der Waals surface area contributed by atoms with Crippen LogP contribution < -0.4 is 0 Å². The summed E-state index contributed by atoms with van der Waals surface area (Å²) in [5.74, 6) is 1.46. The topological polar surface area (TPSA) is 17.8 Å². The second-order valence-corrected chi connectivity index (χ2v) is 8.14. The van der Waals surface area contributed by atoms with E-state index in [0.29, 0.717) is 5.92 Å². The molecule has 0 spiro atoms. The van der Waals surface area contributed by atoms with Crippen molar-refractivity contribution < 1.29 is 0 Å². The van der Waals surface area contributed by atoms with Crippen molar-refractivity contribution in [2.45, 2.75) is 39.7 Å². The summed E-state index contributed by atoms with van der Waals surface area (Å²) in [4.78, 5) is 5.06. The van der Waals surface area contributed by atoms with Crippen LogP contribution in [-0.4, -0.2) is 9.55 Å². The summed E-state index contributed by atoms with van der Waals surface area (Å²) in [6, 6.07) is 23.2. The Kier molecular flexibility index (Phi) is 5.23. The lowest BCUT2D eigenvalue weighted by atomic mass is 10.0. The summed E-state index contributed by atoms with van der Waals surface area (Å²) in [6.07, 6.45) is 0.975. The number of nitrogens with zero attached hydrogens (tertiary/aromatic N) is 2. The molecule has 0 bridgehead atoms. The number of halogens is 1. The summed E-state index contributed by atoms with van der Waals surface area (Å²) in [5.41, 5.74) is 7.43. The molecule has 3 heteroatoms. The standard InChI is InChI=1S/C25H25ClN2/c1-17-14-23-24(15-18(17)2)28(16-21-9-11-22(26)12-10-21)25(27-23)19(3)13-20-7-5-4-6-8-20/h4-12,14-15,19H,13,16H2,1-3H3. The van der Waals surface area contributed by atoms with Crippen molar-refractivity contribution in [3.63, 3.8) is 0 Å². The van der Waals surface area contributed by atoms with Gasteiger partial charge in [0.15, 0.2) is 0 Å². The van der Waals surface area contributed by atoms with Gasteiger partial charge in [-0.15, -0.1) is 0 Å². The highest BCUT2D eigenvalue weighted by molar-refractivity contribution is 6.30. The van der Waals surface area contributed by atoms with Crippen molar-refractivity contribution in [1.82, 2.24) is 9.55 Å². The Labute approximate surface area is 171 Å². The Balaban J connectivity index is 1.78. The first-order valence-electron chi connectivity index (χ1n) is 9.77. The zero-order valence-corrected chi connectivity index (χ0v) is 17.4. The normalized spacial score (nSPS) is 12.4. The van der Waals surface area contributed by atoms with Crippen molar-refractivity contribution in [3.8, 4) is 0 Å². The molecule has 0 saturated heterocycles. The molecular weight excluding hydrogens is 364 g/mol. The summed E-state index contributed by atoms with van der Waals surface area (Å²) < 4.78 is 2.37. The fourth-order valence-corrected chi connectivity index (χ4v) is 3.90.